The van der Waals surface area contributed by atoms with Crippen molar-refractivity contribution in [3.05, 3.63) is 54.1 Å². The van der Waals surface area contributed by atoms with Crippen LogP contribution in [0.4, 0.5) is 0 Å². The molecule has 0 aliphatic heterocycles. The molecular formula is C14H19N3. The Hall–Kier alpha value is -1.61. The van der Waals surface area contributed by atoms with Crippen LogP contribution < -0.4 is 5.32 Å². The third kappa shape index (κ3) is 3.43. The molecule has 0 fully saturated rings. The maximum absolute atomic E-state index is 4.19. The molecule has 2 aromatic rings. The van der Waals surface area contributed by atoms with Crippen LogP contribution in [0.5, 0.6) is 0 Å². The fraction of sp³-hybridized carbons (Fsp3) is 0.357. The first-order chi connectivity index (χ1) is 8.40. The minimum atomic E-state index is 0.870. The van der Waals surface area contributed by atoms with Crippen molar-refractivity contribution in [3.63, 3.8) is 0 Å². The van der Waals surface area contributed by atoms with Crippen molar-refractivity contribution in [3.8, 4) is 0 Å². The lowest BCUT2D eigenvalue weighted by Crippen LogP contribution is -2.15. The Kier molecular flexibility index (Phi) is 4.33. The second kappa shape index (κ2) is 6.21. The molecule has 0 unspecified atom stereocenters. The number of nitrogens with one attached hydrogen (secondary N) is 1. The average molecular weight is 229 g/mol. The lowest BCUT2D eigenvalue weighted by atomic mass is 10.2. The summed E-state index contributed by atoms with van der Waals surface area (Å²) in [4.78, 5) is 4.19. The van der Waals surface area contributed by atoms with Gasteiger partial charge in [0.2, 0.25) is 0 Å². The first-order valence-corrected chi connectivity index (χ1v) is 6.14. The highest BCUT2D eigenvalue weighted by Crippen LogP contribution is 2.02. The van der Waals surface area contributed by atoms with Gasteiger partial charge in [0, 0.05) is 25.8 Å². The lowest BCUT2D eigenvalue weighted by Gasteiger charge is -2.08. The number of imidazole rings is 1. The molecule has 1 aromatic carbocycles. The average Bonchev–Trinajstić information content (AvgIpc) is 2.79. The Morgan fingerprint density at radius 3 is 2.76 bits per heavy atom. The standard InChI is InChI=1S/C14H19N3/c1-2-8-17-12-16-11-14(17)10-15-9-13-6-4-3-5-7-13/h3-7,11-12,15H,2,8-10H2,1H3. The number of aryl methyl sites for hydroxylation is 1. The second-order valence-corrected chi connectivity index (χ2v) is 4.17. The minimum absolute atomic E-state index is 0.870. The van der Waals surface area contributed by atoms with Gasteiger partial charge in [-0.3, -0.25) is 0 Å². The Morgan fingerprint density at radius 2 is 2.00 bits per heavy atom. The van der Waals surface area contributed by atoms with Gasteiger partial charge in [0.25, 0.3) is 0 Å². The monoisotopic (exact) mass is 229 g/mol. The van der Waals surface area contributed by atoms with Crippen molar-refractivity contribution in [2.24, 2.45) is 0 Å². The molecule has 0 spiro atoms. The van der Waals surface area contributed by atoms with E-state index in [2.05, 4.69) is 46.1 Å². The SMILES string of the molecule is CCCn1cncc1CNCc1ccccc1. The van der Waals surface area contributed by atoms with E-state index in [1.54, 1.807) is 0 Å². The van der Waals surface area contributed by atoms with Gasteiger partial charge in [-0.1, -0.05) is 37.3 Å². The minimum Gasteiger partial charge on any atom is -0.333 e. The summed E-state index contributed by atoms with van der Waals surface area (Å²) in [5, 5.41) is 3.44. The number of rotatable bonds is 6. The van der Waals surface area contributed by atoms with Crippen LogP contribution in [0.2, 0.25) is 0 Å². The zero-order chi connectivity index (χ0) is 11.9. The molecule has 1 aromatic heterocycles. The molecule has 1 heterocycles. The van der Waals surface area contributed by atoms with Crippen molar-refractivity contribution in [2.45, 2.75) is 33.0 Å². The van der Waals surface area contributed by atoms with E-state index in [0.29, 0.717) is 0 Å². The van der Waals surface area contributed by atoms with E-state index < -0.39 is 0 Å². The summed E-state index contributed by atoms with van der Waals surface area (Å²) in [6.07, 6.45) is 4.98. The molecular weight excluding hydrogens is 210 g/mol. The van der Waals surface area contributed by atoms with Crippen LogP contribution in [-0.4, -0.2) is 9.55 Å². The Morgan fingerprint density at radius 1 is 1.18 bits per heavy atom. The van der Waals surface area contributed by atoms with Gasteiger partial charge in [-0.2, -0.15) is 0 Å². The van der Waals surface area contributed by atoms with Crippen LogP contribution in [0.1, 0.15) is 24.6 Å². The Bertz CT molecular complexity index is 434. The molecule has 17 heavy (non-hydrogen) atoms. The van der Waals surface area contributed by atoms with E-state index in [-0.39, 0.29) is 0 Å². The van der Waals surface area contributed by atoms with Gasteiger partial charge in [-0.15, -0.1) is 0 Å². The van der Waals surface area contributed by atoms with Gasteiger partial charge in [0.05, 0.1) is 12.0 Å². The molecule has 0 radical (unpaired) electrons. The summed E-state index contributed by atoms with van der Waals surface area (Å²) in [7, 11) is 0. The molecule has 1 N–H and O–H groups in total. The Labute approximate surface area is 103 Å². The maximum atomic E-state index is 4.19. The summed E-state index contributed by atoms with van der Waals surface area (Å²) in [6, 6.07) is 10.4. The van der Waals surface area contributed by atoms with Crippen molar-refractivity contribution >= 4 is 0 Å². The van der Waals surface area contributed by atoms with E-state index in [1.165, 1.54) is 11.3 Å². The van der Waals surface area contributed by atoms with Crippen LogP contribution in [0.3, 0.4) is 0 Å². The summed E-state index contributed by atoms with van der Waals surface area (Å²) >= 11 is 0. The van der Waals surface area contributed by atoms with Crippen molar-refractivity contribution in [1.29, 1.82) is 0 Å². The third-order valence-corrected chi connectivity index (χ3v) is 2.74. The van der Waals surface area contributed by atoms with Crippen molar-refractivity contribution < 1.29 is 0 Å². The molecule has 2 rings (SSSR count). The zero-order valence-corrected chi connectivity index (χ0v) is 10.3. The summed E-state index contributed by atoms with van der Waals surface area (Å²) in [5.74, 6) is 0. The Balaban J connectivity index is 1.84. The molecule has 0 atom stereocenters. The smallest absolute Gasteiger partial charge is 0.0948 e. The predicted octanol–water partition coefficient (Wildman–Crippen LogP) is 2.58. The maximum Gasteiger partial charge on any atom is 0.0948 e. The van der Waals surface area contributed by atoms with Crippen molar-refractivity contribution in [1.82, 2.24) is 14.9 Å². The largest absolute Gasteiger partial charge is 0.333 e. The van der Waals surface area contributed by atoms with Crippen LogP contribution in [0.15, 0.2) is 42.9 Å². The topological polar surface area (TPSA) is 29.9 Å². The summed E-state index contributed by atoms with van der Waals surface area (Å²) < 4.78 is 2.21. The second-order valence-electron chi connectivity index (χ2n) is 4.17. The number of benzene rings is 1. The normalized spacial score (nSPS) is 10.6. The lowest BCUT2D eigenvalue weighted by molar-refractivity contribution is 0.601. The van der Waals surface area contributed by atoms with Crippen molar-refractivity contribution in [2.75, 3.05) is 0 Å². The summed E-state index contributed by atoms with van der Waals surface area (Å²) in [5.41, 5.74) is 2.57. The third-order valence-electron chi connectivity index (χ3n) is 2.74. The molecule has 3 nitrogen and oxygen atoms in total. The van der Waals surface area contributed by atoms with E-state index in [0.717, 1.165) is 26.1 Å². The fourth-order valence-corrected chi connectivity index (χ4v) is 1.87. The van der Waals surface area contributed by atoms with E-state index >= 15 is 0 Å². The van der Waals surface area contributed by atoms with Crippen LogP contribution in [0, 0.1) is 0 Å². The molecule has 0 amide bonds. The molecule has 0 saturated heterocycles. The first-order valence-electron chi connectivity index (χ1n) is 6.14. The van der Waals surface area contributed by atoms with E-state index in [4.69, 9.17) is 0 Å². The number of nitrogens with zero attached hydrogens (tertiary/aromatic N) is 2. The molecule has 90 valence electrons. The number of hydrogen-bond donors (Lipinski definition) is 1. The zero-order valence-electron chi connectivity index (χ0n) is 10.3. The molecule has 0 aliphatic carbocycles. The highest BCUT2D eigenvalue weighted by Gasteiger charge is 2.00. The van der Waals surface area contributed by atoms with Gasteiger partial charge in [-0.25, -0.2) is 4.98 Å². The quantitative estimate of drug-likeness (QED) is 0.825. The molecule has 0 bridgehead atoms. The van der Waals surface area contributed by atoms with Gasteiger partial charge in [-0.05, 0) is 12.0 Å². The highest BCUT2D eigenvalue weighted by molar-refractivity contribution is 5.14. The van der Waals surface area contributed by atoms with Gasteiger partial charge in [0.15, 0.2) is 0 Å². The van der Waals surface area contributed by atoms with Gasteiger partial charge < -0.3 is 9.88 Å². The van der Waals surface area contributed by atoms with E-state index in [1.807, 2.05) is 18.6 Å². The summed E-state index contributed by atoms with van der Waals surface area (Å²) in [6.45, 7) is 5.00. The fourth-order valence-electron chi connectivity index (χ4n) is 1.87. The van der Waals surface area contributed by atoms with Gasteiger partial charge in [0.1, 0.15) is 0 Å². The van der Waals surface area contributed by atoms with Crippen LogP contribution in [-0.2, 0) is 19.6 Å². The number of hydrogen-bond acceptors (Lipinski definition) is 2. The van der Waals surface area contributed by atoms with E-state index in [9.17, 15) is 0 Å². The number of aromatic nitrogens is 2. The first kappa shape index (κ1) is 11.9. The van der Waals surface area contributed by atoms with Gasteiger partial charge >= 0.3 is 0 Å². The highest BCUT2D eigenvalue weighted by atomic mass is 15.1. The molecule has 3 heteroatoms. The molecule has 0 saturated carbocycles. The molecule has 0 aliphatic rings. The van der Waals surface area contributed by atoms with Crippen LogP contribution >= 0.6 is 0 Å². The van der Waals surface area contributed by atoms with Crippen LogP contribution in [0.25, 0.3) is 0 Å². The predicted molar refractivity (Wildman–Crippen MR) is 69.5 cm³/mol.